The lowest BCUT2D eigenvalue weighted by atomic mass is 10.1. The van der Waals surface area contributed by atoms with Gasteiger partial charge in [-0.2, -0.15) is 0 Å². The van der Waals surface area contributed by atoms with Crippen molar-refractivity contribution >= 4 is 23.4 Å². The van der Waals surface area contributed by atoms with Gasteiger partial charge in [-0.25, -0.2) is 0 Å². The van der Waals surface area contributed by atoms with Crippen LogP contribution in [-0.2, 0) is 22.6 Å². The van der Waals surface area contributed by atoms with E-state index in [-0.39, 0.29) is 18.2 Å². The van der Waals surface area contributed by atoms with E-state index in [1.165, 1.54) is 0 Å². The Balaban J connectivity index is 2.17. The summed E-state index contributed by atoms with van der Waals surface area (Å²) in [5, 5.41) is 3.51. The third-order valence-electron chi connectivity index (χ3n) is 4.49. The molecule has 2 rings (SSSR count). The van der Waals surface area contributed by atoms with Crippen molar-refractivity contribution < 1.29 is 9.59 Å². The van der Waals surface area contributed by atoms with Crippen molar-refractivity contribution in [3.63, 3.8) is 0 Å². The van der Waals surface area contributed by atoms with Crippen LogP contribution in [0.5, 0.6) is 0 Å². The highest BCUT2D eigenvalue weighted by molar-refractivity contribution is 6.31. The predicted octanol–water partition coefficient (Wildman–Crippen LogP) is 4.22. The molecular formula is C22H27ClN2O2. The van der Waals surface area contributed by atoms with Crippen LogP contribution in [0.25, 0.3) is 0 Å². The zero-order valence-electron chi connectivity index (χ0n) is 16.0. The van der Waals surface area contributed by atoms with E-state index in [0.29, 0.717) is 18.1 Å². The number of halogens is 1. The van der Waals surface area contributed by atoms with Crippen molar-refractivity contribution in [2.75, 3.05) is 6.54 Å². The van der Waals surface area contributed by atoms with Crippen molar-refractivity contribution in [1.82, 2.24) is 10.2 Å². The highest BCUT2D eigenvalue weighted by Gasteiger charge is 2.26. The lowest BCUT2D eigenvalue weighted by Gasteiger charge is -2.29. The number of hydrogen-bond acceptors (Lipinski definition) is 2. The third-order valence-corrected chi connectivity index (χ3v) is 4.86. The first-order chi connectivity index (χ1) is 13.0. The summed E-state index contributed by atoms with van der Waals surface area (Å²) >= 11 is 6.28. The van der Waals surface area contributed by atoms with Crippen LogP contribution >= 0.6 is 11.6 Å². The summed E-state index contributed by atoms with van der Waals surface area (Å²) in [6.45, 7) is 4.75. The number of nitrogens with one attached hydrogen (secondary N) is 1. The Kier molecular flexibility index (Phi) is 8.34. The van der Waals surface area contributed by atoms with Gasteiger partial charge in [0, 0.05) is 18.1 Å². The molecule has 4 nitrogen and oxygen atoms in total. The van der Waals surface area contributed by atoms with E-state index < -0.39 is 6.04 Å². The molecule has 1 unspecified atom stereocenters. The molecule has 2 aromatic rings. The van der Waals surface area contributed by atoms with Crippen molar-refractivity contribution in [1.29, 1.82) is 0 Å². The zero-order valence-corrected chi connectivity index (χ0v) is 16.7. The van der Waals surface area contributed by atoms with Gasteiger partial charge in [0.25, 0.3) is 0 Å². The van der Waals surface area contributed by atoms with Gasteiger partial charge in [0.15, 0.2) is 0 Å². The molecule has 0 saturated carbocycles. The molecule has 0 aromatic heterocycles. The number of carbonyl (C=O) groups excluding carboxylic acids is 2. The van der Waals surface area contributed by atoms with E-state index in [4.69, 9.17) is 11.6 Å². The molecule has 2 amide bonds. The summed E-state index contributed by atoms with van der Waals surface area (Å²) < 4.78 is 0. The van der Waals surface area contributed by atoms with Gasteiger partial charge in [-0.3, -0.25) is 9.59 Å². The average molecular weight is 387 g/mol. The lowest BCUT2D eigenvalue weighted by molar-refractivity contribution is -0.140. The molecule has 0 heterocycles. The summed E-state index contributed by atoms with van der Waals surface area (Å²) in [7, 11) is 0. The van der Waals surface area contributed by atoms with E-state index in [0.717, 1.165) is 24.0 Å². The zero-order chi connectivity index (χ0) is 19.6. The Morgan fingerprint density at radius 3 is 2.41 bits per heavy atom. The van der Waals surface area contributed by atoms with E-state index in [2.05, 4.69) is 12.2 Å². The summed E-state index contributed by atoms with van der Waals surface area (Å²) in [5.41, 5.74) is 1.75. The normalized spacial score (nSPS) is 11.7. The second-order valence-electron chi connectivity index (χ2n) is 6.60. The van der Waals surface area contributed by atoms with Crippen LogP contribution < -0.4 is 5.32 Å². The minimum Gasteiger partial charge on any atom is -0.354 e. The molecule has 0 saturated heterocycles. The first-order valence-corrected chi connectivity index (χ1v) is 9.75. The second kappa shape index (κ2) is 10.7. The Morgan fingerprint density at radius 2 is 1.74 bits per heavy atom. The molecule has 144 valence electrons. The standard InChI is InChI=1S/C22H27ClN2O2/c1-3-4-14-24-22(27)17(2)25(16-19-12-8-9-13-20(19)23)21(26)15-18-10-6-5-7-11-18/h5-13,17H,3-4,14-16H2,1-2H3,(H,24,27). The molecule has 0 fully saturated rings. The van der Waals surface area contributed by atoms with Gasteiger partial charge >= 0.3 is 0 Å². The predicted molar refractivity (Wildman–Crippen MR) is 110 cm³/mol. The molecule has 0 radical (unpaired) electrons. The number of rotatable bonds is 9. The van der Waals surface area contributed by atoms with Crippen LogP contribution in [-0.4, -0.2) is 29.3 Å². The van der Waals surface area contributed by atoms with Crippen molar-refractivity contribution in [3.05, 3.63) is 70.7 Å². The Labute approximate surface area is 166 Å². The van der Waals surface area contributed by atoms with Gasteiger partial charge in [0.05, 0.1) is 6.42 Å². The maximum atomic E-state index is 13.0. The summed E-state index contributed by atoms with van der Waals surface area (Å²) in [4.78, 5) is 27.2. The molecule has 0 aliphatic rings. The van der Waals surface area contributed by atoms with Gasteiger partial charge < -0.3 is 10.2 Å². The first-order valence-electron chi connectivity index (χ1n) is 9.37. The van der Waals surface area contributed by atoms with Crippen LogP contribution in [0.3, 0.4) is 0 Å². The molecule has 0 aliphatic heterocycles. The number of benzene rings is 2. The highest BCUT2D eigenvalue weighted by Crippen LogP contribution is 2.19. The molecule has 1 N–H and O–H groups in total. The number of unbranched alkanes of at least 4 members (excludes halogenated alkanes) is 1. The topological polar surface area (TPSA) is 49.4 Å². The smallest absolute Gasteiger partial charge is 0.242 e. The third kappa shape index (κ3) is 6.40. The van der Waals surface area contributed by atoms with Crippen molar-refractivity contribution in [2.45, 2.75) is 45.7 Å². The van der Waals surface area contributed by atoms with Crippen LogP contribution in [0.1, 0.15) is 37.8 Å². The Bertz CT molecular complexity index is 749. The highest BCUT2D eigenvalue weighted by atomic mass is 35.5. The van der Waals surface area contributed by atoms with Crippen LogP contribution in [0.15, 0.2) is 54.6 Å². The molecule has 5 heteroatoms. The number of carbonyl (C=O) groups is 2. The van der Waals surface area contributed by atoms with Gasteiger partial charge in [0.1, 0.15) is 6.04 Å². The first kappa shape index (κ1) is 21.0. The van der Waals surface area contributed by atoms with E-state index >= 15 is 0 Å². The van der Waals surface area contributed by atoms with Gasteiger partial charge in [0.2, 0.25) is 11.8 Å². The Hall–Kier alpha value is -2.33. The largest absolute Gasteiger partial charge is 0.354 e. The maximum Gasteiger partial charge on any atom is 0.242 e. The summed E-state index contributed by atoms with van der Waals surface area (Å²) in [6, 6.07) is 16.4. The molecule has 1 atom stereocenters. The fraction of sp³-hybridized carbons (Fsp3) is 0.364. The Morgan fingerprint density at radius 1 is 1.07 bits per heavy atom. The number of amides is 2. The van der Waals surface area contributed by atoms with E-state index in [9.17, 15) is 9.59 Å². The van der Waals surface area contributed by atoms with Crippen molar-refractivity contribution in [2.24, 2.45) is 0 Å². The summed E-state index contributed by atoms with van der Waals surface area (Å²) in [5.74, 6) is -0.240. The SMILES string of the molecule is CCCCNC(=O)C(C)N(Cc1ccccc1Cl)C(=O)Cc1ccccc1. The molecular weight excluding hydrogens is 360 g/mol. The molecule has 0 aliphatic carbocycles. The number of nitrogens with zero attached hydrogens (tertiary/aromatic N) is 1. The second-order valence-corrected chi connectivity index (χ2v) is 7.00. The lowest BCUT2D eigenvalue weighted by Crippen LogP contribution is -2.48. The minimum absolute atomic E-state index is 0.0979. The quantitative estimate of drug-likeness (QED) is 0.656. The fourth-order valence-electron chi connectivity index (χ4n) is 2.80. The molecule has 27 heavy (non-hydrogen) atoms. The van der Waals surface area contributed by atoms with Crippen molar-refractivity contribution in [3.8, 4) is 0 Å². The maximum absolute atomic E-state index is 13.0. The number of hydrogen-bond donors (Lipinski definition) is 1. The van der Waals surface area contributed by atoms with E-state index in [1.807, 2.05) is 48.5 Å². The van der Waals surface area contributed by atoms with Crippen LogP contribution in [0, 0.1) is 0 Å². The van der Waals surface area contributed by atoms with E-state index in [1.54, 1.807) is 17.9 Å². The van der Waals surface area contributed by atoms with Crippen LogP contribution in [0.4, 0.5) is 0 Å². The van der Waals surface area contributed by atoms with Gasteiger partial charge in [-0.05, 0) is 30.5 Å². The monoisotopic (exact) mass is 386 g/mol. The average Bonchev–Trinajstić information content (AvgIpc) is 2.67. The minimum atomic E-state index is -0.575. The fourth-order valence-corrected chi connectivity index (χ4v) is 3.00. The van der Waals surface area contributed by atoms with Gasteiger partial charge in [-0.1, -0.05) is 73.5 Å². The summed E-state index contributed by atoms with van der Waals surface area (Å²) in [6.07, 6.45) is 2.17. The van der Waals surface area contributed by atoms with Crippen LogP contribution in [0.2, 0.25) is 5.02 Å². The molecule has 0 spiro atoms. The molecule has 0 bridgehead atoms. The van der Waals surface area contributed by atoms with Gasteiger partial charge in [-0.15, -0.1) is 0 Å². The molecule has 2 aromatic carbocycles.